The van der Waals surface area contributed by atoms with Crippen molar-refractivity contribution in [1.82, 2.24) is 15.6 Å². The Labute approximate surface area is 260 Å². The molecule has 238 valence electrons. The predicted octanol–water partition coefficient (Wildman–Crippen LogP) is 3.85. The van der Waals surface area contributed by atoms with E-state index in [1.54, 1.807) is 30.5 Å². The number of fused-ring (bicyclic) bond motifs is 2. The van der Waals surface area contributed by atoms with Gasteiger partial charge in [0.25, 0.3) is 5.60 Å². The second kappa shape index (κ2) is 15.0. The van der Waals surface area contributed by atoms with Crippen molar-refractivity contribution in [2.45, 2.75) is 70.5 Å². The number of aryl methyl sites for hydroxylation is 1. The zero-order chi connectivity index (χ0) is 31.7. The van der Waals surface area contributed by atoms with Crippen LogP contribution >= 0.6 is 0 Å². The van der Waals surface area contributed by atoms with Gasteiger partial charge in [0.05, 0.1) is 19.9 Å². The number of aliphatic hydroxyl groups excluding tert-OH is 1. The number of carbonyl (C=O) groups excluding carboxylic acids is 3. The lowest BCUT2D eigenvalue weighted by atomic mass is 9.71. The molecule has 2 aromatic rings. The molecule has 0 spiro atoms. The molecule has 4 N–H and O–H groups in total. The van der Waals surface area contributed by atoms with Gasteiger partial charge in [0, 0.05) is 36.2 Å². The highest BCUT2D eigenvalue weighted by Crippen LogP contribution is 2.59. The summed E-state index contributed by atoms with van der Waals surface area (Å²) in [5.41, 5.74) is -0.949. The monoisotopic (exact) mass is 606 g/mol. The van der Waals surface area contributed by atoms with Crippen LogP contribution in [0.3, 0.4) is 0 Å². The number of ketones is 2. The zero-order valence-electron chi connectivity index (χ0n) is 26.3. The van der Waals surface area contributed by atoms with Crippen molar-refractivity contribution < 1.29 is 29.0 Å². The van der Waals surface area contributed by atoms with Crippen LogP contribution in [-0.4, -0.2) is 78.8 Å². The summed E-state index contributed by atoms with van der Waals surface area (Å²) in [4.78, 5) is 46.1. The Kier molecular flexibility index (Phi) is 11.4. The molecule has 3 atom stereocenters. The largest absolute Gasteiger partial charge is 0.463 e. The fourth-order valence-corrected chi connectivity index (χ4v) is 5.94. The molecule has 0 amide bonds. The maximum absolute atomic E-state index is 14.0. The van der Waals surface area contributed by atoms with E-state index in [-0.39, 0.29) is 36.7 Å². The first-order valence-corrected chi connectivity index (χ1v) is 15.7. The molecule has 10 heteroatoms. The van der Waals surface area contributed by atoms with E-state index in [2.05, 4.69) is 27.9 Å². The van der Waals surface area contributed by atoms with Gasteiger partial charge in [-0.3, -0.25) is 9.59 Å². The number of benzene rings is 1. The minimum Gasteiger partial charge on any atom is -0.463 e. The van der Waals surface area contributed by atoms with Crippen molar-refractivity contribution in [2.75, 3.05) is 45.3 Å². The maximum Gasteiger partial charge on any atom is 0.350 e. The second-order valence-corrected chi connectivity index (χ2v) is 11.7. The number of epoxide rings is 1. The standard InChI is InChI=1S/C34H46N4O6/c1-5-7-10-25(19-36-6-2)21-43-32(42)34-31(41)28-12-9-8-11-27(28)30(40)33(34,44-34)18-26(20-39)23(3)13-14-24-15-16-37-29(17-24)38-22-35-4/h8-9,11-12,15-17,25,35-36,39H,5-7,10,13-14,18-22H2,1-4H3,(H,37,38)/b26-23-/t25-,33+,34+/m1/s1. The molecule has 0 saturated carbocycles. The smallest absolute Gasteiger partial charge is 0.350 e. The Hall–Kier alpha value is -3.44. The third kappa shape index (κ3) is 6.78. The second-order valence-electron chi connectivity index (χ2n) is 11.7. The number of ether oxygens (including phenoxy) is 2. The molecule has 1 fully saturated rings. The maximum atomic E-state index is 14.0. The fourth-order valence-electron chi connectivity index (χ4n) is 5.94. The van der Waals surface area contributed by atoms with Gasteiger partial charge in [-0.25, -0.2) is 9.78 Å². The molecule has 1 saturated heterocycles. The molecule has 0 unspecified atom stereocenters. The molecule has 1 aliphatic heterocycles. The highest BCUT2D eigenvalue weighted by molar-refractivity contribution is 6.32. The molecular formula is C34H46N4O6. The summed E-state index contributed by atoms with van der Waals surface area (Å²) < 4.78 is 11.8. The van der Waals surface area contributed by atoms with Gasteiger partial charge in [-0.1, -0.05) is 56.5 Å². The Morgan fingerprint density at radius 1 is 1.14 bits per heavy atom. The van der Waals surface area contributed by atoms with Crippen molar-refractivity contribution in [1.29, 1.82) is 0 Å². The summed E-state index contributed by atoms with van der Waals surface area (Å²) in [7, 11) is 1.84. The van der Waals surface area contributed by atoms with E-state index in [0.29, 0.717) is 31.6 Å². The Morgan fingerprint density at radius 2 is 1.89 bits per heavy atom. The number of nitrogens with one attached hydrogen (secondary N) is 3. The van der Waals surface area contributed by atoms with Crippen molar-refractivity contribution in [3.05, 3.63) is 70.4 Å². The average molecular weight is 607 g/mol. The van der Waals surface area contributed by atoms with Crippen LogP contribution in [-0.2, 0) is 20.7 Å². The minimum atomic E-state index is -2.06. The van der Waals surface area contributed by atoms with Crippen LogP contribution in [0.25, 0.3) is 0 Å². The minimum absolute atomic E-state index is 0.0716. The van der Waals surface area contributed by atoms with Crippen molar-refractivity contribution in [2.24, 2.45) is 5.92 Å². The summed E-state index contributed by atoms with van der Waals surface area (Å²) in [6.07, 6.45) is 5.81. The molecule has 0 radical (unpaired) electrons. The van der Waals surface area contributed by atoms with Crippen LogP contribution in [0.5, 0.6) is 0 Å². The number of esters is 1. The van der Waals surface area contributed by atoms with Crippen LogP contribution < -0.4 is 16.0 Å². The van der Waals surface area contributed by atoms with Gasteiger partial charge >= 0.3 is 5.97 Å². The summed E-state index contributed by atoms with van der Waals surface area (Å²) in [5, 5.41) is 20.0. The fraction of sp³-hybridized carbons (Fsp3) is 0.529. The molecule has 4 rings (SSSR count). The third-order valence-corrected chi connectivity index (χ3v) is 8.66. The van der Waals surface area contributed by atoms with Gasteiger partial charge < -0.3 is 30.5 Å². The first-order valence-electron chi connectivity index (χ1n) is 15.7. The quantitative estimate of drug-likeness (QED) is 0.0650. The van der Waals surface area contributed by atoms with Crippen molar-refractivity contribution >= 4 is 23.4 Å². The number of aliphatic hydroxyl groups is 1. The number of aromatic nitrogens is 1. The molecular weight excluding hydrogens is 560 g/mol. The van der Waals surface area contributed by atoms with E-state index in [0.717, 1.165) is 42.8 Å². The number of unbranched alkanes of at least 4 members (excludes halogenated alkanes) is 1. The topological polar surface area (TPSA) is 142 Å². The number of rotatable bonds is 18. The first kappa shape index (κ1) is 33.5. The molecule has 1 aromatic heterocycles. The molecule has 2 aliphatic rings. The SMILES string of the molecule is CCCC[C@H](CNCC)COC(=O)[C@]12O[C@@]1(C/C(CO)=C(\C)CCc1ccnc(NCNC)c1)C(=O)c1ccccc1C2=O. The number of Topliss-reactive ketones (excluding diaryl/α,β-unsaturated/α-hetero) is 2. The molecule has 44 heavy (non-hydrogen) atoms. The van der Waals surface area contributed by atoms with Crippen LogP contribution in [0.1, 0.15) is 79.2 Å². The Balaban J connectivity index is 1.58. The van der Waals surface area contributed by atoms with Crippen LogP contribution in [0.4, 0.5) is 5.82 Å². The van der Waals surface area contributed by atoms with Crippen LogP contribution in [0, 0.1) is 5.92 Å². The Morgan fingerprint density at radius 3 is 2.57 bits per heavy atom. The lowest BCUT2D eigenvalue weighted by Crippen LogP contribution is -2.51. The van der Waals surface area contributed by atoms with Gasteiger partial charge in [-0.05, 0) is 63.0 Å². The number of nitrogens with zero attached hydrogens (tertiary/aromatic N) is 1. The number of pyridine rings is 1. The van der Waals surface area contributed by atoms with E-state index < -0.39 is 28.7 Å². The van der Waals surface area contributed by atoms with Gasteiger partial charge in [0.2, 0.25) is 5.78 Å². The molecule has 10 nitrogen and oxygen atoms in total. The highest BCUT2D eigenvalue weighted by Gasteiger charge is 2.85. The van der Waals surface area contributed by atoms with Crippen LogP contribution in [0.15, 0.2) is 53.7 Å². The average Bonchev–Trinajstić information content (AvgIpc) is 3.75. The first-order chi connectivity index (χ1) is 21.3. The number of carbonyl (C=O) groups is 3. The van der Waals surface area contributed by atoms with E-state index in [4.69, 9.17) is 9.47 Å². The van der Waals surface area contributed by atoms with E-state index in [1.165, 1.54) is 0 Å². The van der Waals surface area contributed by atoms with E-state index in [1.807, 2.05) is 33.0 Å². The van der Waals surface area contributed by atoms with Crippen molar-refractivity contribution in [3.8, 4) is 0 Å². The Bertz CT molecular complexity index is 1370. The predicted molar refractivity (Wildman–Crippen MR) is 169 cm³/mol. The number of anilines is 1. The van der Waals surface area contributed by atoms with Crippen LogP contribution in [0.2, 0.25) is 0 Å². The zero-order valence-corrected chi connectivity index (χ0v) is 26.3. The van der Waals surface area contributed by atoms with Gasteiger partial charge in [-0.15, -0.1) is 0 Å². The van der Waals surface area contributed by atoms with E-state index >= 15 is 0 Å². The van der Waals surface area contributed by atoms with Gasteiger partial charge in [0.1, 0.15) is 5.82 Å². The van der Waals surface area contributed by atoms with Gasteiger partial charge in [-0.2, -0.15) is 0 Å². The summed E-state index contributed by atoms with van der Waals surface area (Å²) in [6, 6.07) is 10.4. The number of allylic oxidation sites excluding steroid dienone is 1. The lowest BCUT2D eigenvalue weighted by molar-refractivity contribution is -0.149. The normalized spacial score (nSPS) is 21.7. The molecule has 2 heterocycles. The van der Waals surface area contributed by atoms with E-state index in [9.17, 15) is 19.5 Å². The summed E-state index contributed by atoms with van der Waals surface area (Å²) in [6.45, 7) is 7.86. The number of hydrogen-bond acceptors (Lipinski definition) is 10. The van der Waals surface area contributed by atoms with Gasteiger partial charge in [0.15, 0.2) is 11.4 Å². The lowest BCUT2D eigenvalue weighted by Gasteiger charge is -2.26. The molecule has 0 bridgehead atoms. The third-order valence-electron chi connectivity index (χ3n) is 8.66. The highest BCUT2D eigenvalue weighted by atomic mass is 16.7. The molecule has 1 aromatic carbocycles. The summed E-state index contributed by atoms with van der Waals surface area (Å²) >= 11 is 0. The van der Waals surface area contributed by atoms with Crippen molar-refractivity contribution in [3.63, 3.8) is 0 Å². The summed E-state index contributed by atoms with van der Waals surface area (Å²) in [5.74, 6) is -1.02. The number of hydrogen-bond donors (Lipinski definition) is 4. The molecule has 1 aliphatic carbocycles.